The van der Waals surface area contributed by atoms with Gasteiger partial charge in [0.25, 0.3) is 0 Å². The lowest BCUT2D eigenvalue weighted by atomic mass is 10.2. The zero-order valence-corrected chi connectivity index (χ0v) is 8.34. The summed E-state index contributed by atoms with van der Waals surface area (Å²) in [5, 5.41) is 0. The highest BCUT2D eigenvalue weighted by Crippen LogP contribution is 2.21. The highest BCUT2D eigenvalue weighted by atomic mass is 35.5. The standard InChI is InChI=1S/C10H11ClO2/c1-7-3-5-9(6-4-7)10(11)13-8(2)12/h3-6,10H,1-2H3. The number of esters is 1. The molecule has 0 amide bonds. The van der Waals surface area contributed by atoms with E-state index in [9.17, 15) is 4.79 Å². The minimum absolute atomic E-state index is 0.374. The molecule has 0 aliphatic heterocycles. The van der Waals surface area contributed by atoms with Crippen LogP contribution in [0.15, 0.2) is 24.3 Å². The Morgan fingerprint density at radius 1 is 1.38 bits per heavy atom. The number of aryl methyl sites for hydroxylation is 1. The van der Waals surface area contributed by atoms with Crippen molar-refractivity contribution in [2.24, 2.45) is 0 Å². The van der Waals surface area contributed by atoms with Gasteiger partial charge in [-0.3, -0.25) is 4.79 Å². The Labute approximate surface area is 82.5 Å². The first-order valence-corrected chi connectivity index (χ1v) is 4.41. The number of ether oxygens (including phenoxy) is 1. The molecule has 0 bridgehead atoms. The molecule has 13 heavy (non-hydrogen) atoms. The molecule has 0 saturated heterocycles. The van der Waals surface area contributed by atoms with Gasteiger partial charge in [-0.15, -0.1) is 0 Å². The van der Waals surface area contributed by atoms with Crippen molar-refractivity contribution in [3.63, 3.8) is 0 Å². The average Bonchev–Trinajstić information content (AvgIpc) is 2.04. The Morgan fingerprint density at radius 2 is 1.92 bits per heavy atom. The third-order valence-corrected chi connectivity index (χ3v) is 1.95. The summed E-state index contributed by atoms with van der Waals surface area (Å²) in [6, 6.07) is 7.54. The quantitative estimate of drug-likeness (QED) is 0.540. The van der Waals surface area contributed by atoms with Crippen molar-refractivity contribution in [3.05, 3.63) is 35.4 Å². The van der Waals surface area contributed by atoms with Crippen LogP contribution in [-0.4, -0.2) is 5.97 Å². The van der Waals surface area contributed by atoms with Crippen LogP contribution in [0.5, 0.6) is 0 Å². The fourth-order valence-corrected chi connectivity index (χ4v) is 1.20. The lowest BCUT2D eigenvalue weighted by Gasteiger charge is -2.09. The third kappa shape index (κ3) is 3.07. The average molecular weight is 199 g/mol. The first-order valence-electron chi connectivity index (χ1n) is 3.97. The molecule has 1 unspecified atom stereocenters. The number of alkyl halides is 1. The second-order valence-electron chi connectivity index (χ2n) is 2.84. The summed E-state index contributed by atoms with van der Waals surface area (Å²) in [6.45, 7) is 3.32. The van der Waals surface area contributed by atoms with Crippen LogP contribution in [0.2, 0.25) is 0 Å². The highest BCUT2D eigenvalue weighted by molar-refractivity contribution is 6.20. The Hall–Kier alpha value is -1.02. The van der Waals surface area contributed by atoms with Crippen LogP contribution in [0.4, 0.5) is 0 Å². The molecule has 0 N–H and O–H groups in total. The van der Waals surface area contributed by atoms with Gasteiger partial charge in [0.05, 0.1) is 0 Å². The first kappa shape index (κ1) is 10.1. The van der Waals surface area contributed by atoms with E-state index in [1.54, 1.807) is 0 Å². The predicted molar refractivity (Wildman–Crippen MR) is 51.5 cm³/mol. The molecule has 0 heterocycles. The van der Waals surface area contributed by atoms with Crippen LogP contribution in [-0.2, 0) is 9.53 Å². The molecule has 2 nitrogen and oxygen atoms in total. The minimum Gasteiger partial charge on any atom is -0.442 e. The number of benzene rings is 1. The van der Waals surface area contributed by atoms with E-state index in [1.165, 1.54) is 6.92 Å². The van der Waals surface area contributed by atoms with Crippen molar-refractivity contribution in [3.8, 4) is 0 Å². The first-order chi connectivity index (χ1) is 6.09. The van der Waals surface area contributed by atoms with E-state index in [-0.39, 0.29) is 5.97 Å². The predicted octanol–water partition coefficient (Wildman–Crippen LogP) is 2.80. The smallest absolute Gasteiger partial charge is 0.304 e. The van der Waals surface area contributed by atoms with Gasteiger partial charge in [-0.1, -0.05) is 41.4 Å². The van der Waals surface area contributed by atoms with E-state index >= 15 is 0 Å². The number of rotatable bonds is 2. The van der Waals surface area contributed by atoms with Crippen molar-refractivity contribution in [1.82, 2.24) is 0 Å². The van der Waals surface area contributed by atoms with Crippen LogP contribution >= 0.6 is 11.6 Å². The van der Waals surface area contributed by atoms with Gasteiger partial charge in [-0.2, -0.15) is 0 Å². The Bertz CT molecular complexity index is 292. The molecule has 0 aliphatic carbocycles. The van der Waals surface area contributed by atoms with Gasteiger partial charge in [0, 0.05) is 12.5 Å². The maximum atomic E-state index is 10.6. The van der Waals surface area contributed by atoms with Gasteiger partial charge < -0.3 is 4.74 Å². The summed E-state index contributed by atoms with van der Waals surface area (Å²) in [4.78, 5) is 10.6. The van der Waals surface area contributed by atoms with Gasteiger partial charge in [0.1, 0.15) is 0 Å². The van der Waals surface area contributed by atoms with Crippen LogP contribution in [0, 0.1) is 6.92 Å². The Morgan fingerprint density at radius 3 is 2.38 bits per heavy atom. The van der Waals surface area contributed by atoms with Crippen molar-refractivity contribution in [2.45, 2.75) is 19.4 Å². The summed E-state index contributed by atoms with van der Waals surface area (Å²) in [6.07, 6.45) is 0. The Balaban J connectivity index is 2.71. The molecule has 1 atom stereocenters. The van der Waals surface area contributed by atoms with Crippen LogP contribution < -0.4 is 0 Å². The minimum atomic E-state index is -0.682. The summed E-state index contributed by atoms with van der Waals surface area (Å²) in [7, 11) is 0. The molecule has 0 fully saturated rings. The number of halogens is 1. The lowest BCUT2D eigenvalue weighted by Crippen LogP contribution is -2.02. The highest BCUT2D eigenvalue weighted by Gasteiger charge is 2.09. The van der Waals surface area contributed by atoms with Crippen LogP contribution in [0.3, 0.4) is 0 Å². The SMILES string of the molecule is CC(=O)OC(Cl)c1ccc(C)cc1. The maximum absolute atomic E-state index is 10.6. The van der Waals surface area contributed by atoms with Crippen LogP contribution in [0.1, 0.15) is 23.6 Å². The zero-order chi connectivity index (χ0) is 9.84. The van der Waals surface area contributed by atoms with Gasteiger partial charge in [0.15, 0.2) is 0 Å². The summed E-state index contributed by atoms with van der Waals surface area (Å²) in [5.41, 5.74) is 1.26. The van der Waals surface area contributed by atoms with E-state index in [0.717, 1.165) is 11.1 Å². The molecular weight excluding hydrogens is 188 g/mol. The molecule has 0 aromatic heterocycles. The van der Waals surface area contributed by atoms with Crippen molar-refractivity contribution < 1.29 is 9.53 Å². The summed E-state index contributed by atoms with van der Waals surface area (Å²) in [5.74, 6) is -0.374. The second-order valence-corrected chi connectivity index (χ2v) is 3.23. The molecule has 0 aliphatic rings. The number of carbonyl (C=O) groups is 1. The molecule has 3 heteroatoms. The number of carbonyl (C=O) groups excluding carboxylic acids is 1. The van der Waals surface area contributed by atoms with Crippen molar-refractivity contribution in [1.29, 1.82) is 0 Å². The van der Waals surface area contributed by atoms with E-state index in [1.807, 2.05) is 31.2 Å². The fraction of sp³-hybridized carbons (Fsp3) is 0.300. The van der Waals surface area contributed by atoms with Gasteiger partial charge in [-0.25, -0.2) is 0 Å². The van der Waals surface area contributed by atoms with E-state index in [4.69, 9.17) is 16.3 Å². The third-order valence-electron chi connectivity index (χ3n) is 1.61. The van der Waals surface area contributed by atoms with E-state index < -0.39 is 5.56 Å². The topological polar surface area (TPSA) is 26.3 Å². The normalized spacial score (nSPS) is 12.2. The fourth-order valence-electron chi connectivity index (χ4n) is 0.932. The summed E-state index contributed by atoms with van der Waals surface area (Å²) < 4.78 is 4.80. The maximum Gasteiger partial charge on any atom is 0.304 e. The Kier molecular flexibility index (Phi) is 3.32. The van der Waals surface area contributed by atoms with Gasteiger partial charge >= 0.3 is 5.97 Å². The molecular formula is C10H11ClO2. The molecule has 0 radical (unpaired) electrons. The molecule has 0 saturated carbocycles. The molecule has 1 aromatic rings. The van der Waals surface area contributed by atoms with Crippen LogP contribution in [0.25, 0.3) is 0 Å². The number of hydrogen-bond donors (Lipinski definition) is 0. The monoisotopic (exact) mass is 198 g/mol. The van der Waals surface area contributed by atoms with Gasteiger partial charge in [-0.05, 0) is 6.92 Å². The molecule has 1 rings (SSSR count). The molecule has 70 valence electrons. The lowest BCUT2D eigenvalue weighted by molar-refractivity contribution is -0.142. The largest absolute Gasteiger partial charge is 0.442 e. The zero-order valence-electron chi connectivity index (χ0n) is 7.58. The van der Waals surface area contributed by atoms with Crippen molar-refractivity contribution in [2.75, 3.05) is 0 Å². The molecule has 0 spiro atoms. The van der Waals surface area contributed by atoms with Crippen molar-refractivity contribution >= 4 is 17.6 Å². The van der Waals surface area contributed by atoms with E-state index in [0.29, 0.717) is 0 Å². The van der Waals surface area contributed by atoms with E-state index in [2.05, 4.69) is 0 Å². The van der Waals surface area contributed by atoms with Gasteiger partial charge in [0.2, 0.25) is 5.56 Å². The molecule has 1 aromatic carbocycles. The summed E-state index contributed by atoms with van der Waals surface area (Å²) >= 11 is 5.81. The second kappa shape index (κ2) is 4.28. The number of hydrogen-bond acceptors (Lipinski definition) is 2.